The zero-order valence-corrected chi connectivity index (χ0v) is 10.9. The van der Waals surface area contributed by atoms with Gasteiger partial charge in [0.25, 0.3) is 0 Å². The van der Waals surface area contributed by atoms with Gasteiger partial charge >= 0.3 is 0 Å². The van der Waals surface area contributed by atoms with Crippen LogP contribution in [0.25, 0.3) is 5.65 Å². The van der Waals surface area contributed by atoms with E-state index >= 15 is 0 Å². The lowest BCUT2D eigenvalue weighted by molar-refractivity contribution is 0.884. The Morgan fingerprint density at radius 3 is 2.84 bits per heavy atom. The number of hydrogen-bond acceptors (Lipinski definition) is 3. The van der Waals surface area contributed by atoms with Gasteiger partial charge in [-0.1, -0.05) is 35.9 Å². The topological polar surface area (TPSA) is 56.2 Å². The Bertz CT molecular complexity index is 715. The van der Waals surface area contributed by atoms with Gasteiger partial charge in [-0.15, -0.1) is 0 Å². The number of rotatable bonds is 3. The van der Waals surface area contributed by atoms with E-state index < -0.39 is 0 Å². The Labute approximate surface area is 111 Å². The molecule has 0 unspecified atom stereocenters. The second-order valence-corrected chi connectivity index (χ2v) is 4.74. The summed E-state index contributed by atoms with van der Waals surface area (Å²) >= 11 is 0. The van der Waals surface area contributed by atoms with Crippen LogP contribution in [0.2, 0.25) is 0 Å². The quantitative estimate of drug-likeness (QED) is 0.776. The molecule has 0 bridgehead atoms. The maximum absolute atomic E-state index is 5.63. The van der Waals surface area contributed by atoms with Crippen molar-refractivity contribution < 1.29 is 0 Å². The van der Waals surface area contributed by atoms with Crippen LogP contribution in [0.15, 0.2) is 42.6 Å². The number of fused-ring (bicyclic) bond motifs is 1. The molecule has 2 aromatic heterocycles. The molecule has 0 saturated heterocycles. The Hall–Kier alpha value is -2.20. The van der Waals surface area contributed by atoms with E-state index in [4.69, 9.17) is 5.73 Å². The number of hydrogen-bond donors (Lipinski definition) is 1. The average Bonchev–Trinajstić information content (AvgIpc) is 2.79. The van der Waals surface area contributed by atoms with Gasteiger partial charge < -0.3 is 5.73 Å². The van der Waals surface area contributed by atoms with Gasteiger partial charge in [0.1, 0.15) is 0 Å². The molecule has 0 aliphatic rings. The van der Waals surface area contributed by atoms with Crippen LogP contribution in [0.4, 0.5) is 0 Å². The van der Waals surface area contributed by atoms with E-state index in [1.54, 1.807) is 4.52 Å². The largest absolute Gasteiger partial charge is 0.326 e. The summed E-state index contributed by atoms with van der Waals surface area (Å²) in [6.07, 6.45) is 2.68. The van der Waals surface area contributed by atoms with E-state index in [0.29, 0.717) is 6.54 Å². The van der Waals surface area contributed by atoms with Crippen molar-refractivity contribution in [2.24, 2.45) is 5.73 Å². The van der Waals surface area contributed by atoms with Gasteiger partial charge in [-0.3, -0.25) is 0 Å². The van der Waals surface area contributed by atoms with Crippen LogP contribution in [0.3, 0.4) is 0 Å². The molecular weight excluding hydrogens is 236 g/mol. The standard InChI is InChI=1S/C15H16N4/c1-11-3-2-4-12(7-11)8-14-17-15-6-5-13(9-16)10-19(15)18-14/h2-7,10H,8-9,16H2,1H3. The Balaban J connectivity index is 1.93. The maximum atomic E-state index is 5.63. The van der Waals surface area contributed by atoms with Crippen molar-refractivity contribution in [3.05, 3.63) is 65.1 Å². The van der Waals surface area contributed by atoms with E-state index in [0.717, 1.165) is 23.5 Å². The molecule has 0 atom stereocenters. The van der Waals surface area contributed by atoms with Crippen LogP contribution in [0, 0.1) is 6.92 Å². The van der Waals surface area contributed by atoms with Crippen LogP contribution < -0.4 is 5.73 Å². The molecule has 0 saturated carbocycles. The average molecular weight is 252 g/mol. The highest BCUT2D eigenvalue weighted by Gasteiger charge is 2.05. The monoisotopic (exact) mass is 252 g/mol. The van der Waals surface area contributed by atoms with Crippen molar-refractivity contribution in [3.8, 4) is 0 Å². The number of nitrogens with zero attached hydrogens (tertiary/aromatic N) is 3. The van der Waals surface area contributed by atoms with Gasteiger partial charge in [0.05, 0.1) is 0 Å². The number of benzene rings is 1. The highest BCUT2D eigenvalue weighted by atomic mass is 15.3. The lowest BCUT2D eigenvalue weighted by Gasteiger charge is -1.98. The second kappa shape index (κ2) is 4.82. The minimum Gasteiger partial charge on any atom is -0.326 e. The summed E-state index contributed by atoms with van der Waals surface area (Å²) in [6.45, 7) is 2.61. The first kappa shape index (κ1) is 11.9. The van der Waals surface area contributed by atoms with Crippen LogP contribution in [-0.2, 0) is 13.0 Å². The number of aromatic nitrogens is 3. The molecule has 0 aliphatic carbocycles. The molecule has 1 aromatic carbocycles. The van der Waals surface area contributed by atoms with E-state index in [-0.39, 0.29) is 0 Å². The van der Waals surface area contributed by atoms with Gasteiger partial charge in [-0.25, -0.2) is 9.50 Å². The van der Waals surface area contributed by atoms with E-state index in [9.17, 15) is 0 Å². The molecule has 4 nitrogen and oxygen atoms in total. The minimum absolute atomic E-state index is 0.517. The highest BCUT2D eigenvalue weighted by molar-refractivity contribution is 5.39. The summed E-state index contributed by atoms with van der Waals surface area (Å²) in [5.74, 6) is 0.833. The van der Waals surface area contributed by atoms with Gasteiger partial charge in [-0.05, 0) is 24.1 Å². The first-order chi connectivity index (χ1) is 9.24. The Morgan fingerprint density at radius 1 is 1.16 bits per heavy atom. The molecule has 3 rings (SSSR count). The first-order valence-electron chi connectivity index (χ1n) is 6.34. The fourth-order valence-electron chi connectivity index (χ4n) is 2.17. The third-order valence-corrected chi connectivity index (χ3v) is 3.12. The predicted molar refractivity (Wildman–Crippen MR) is 74.9 cm³/mol. The van der Waals surface area contributed by atoms with Crippen molar-refractivity contribution in [3.63, 3.8) is 0 Å². The number of pyridine rings is 1. The lowest BCUT2D eigenvalue weighted by Crippen LogP contribution is -1.99. The first-order valence-corrected chi connectivity index (χ1v) is 6.34. The fraction of sp³-hybridized carbons (Fsp3) is 0.200. The molecule has 4 heteroatoms. The lowest BCUT2D eigenvalue weighted by atomic mass is 10.1. The van der Waals surface area contributed by atoms with Gasteiger partial charge in [0.2, 0.25) is 0 Å². The summed E-state index contributed by atoms with van der Waals surface area (Å²) in [5, 5.41) is 4.50. The fourth-order valence-corrected chi connectivity index (χ4v) is 2.17. The molecule has 0 radical (unpaired) electrons. The zero-order chi connectivity index (χ0) is 13.2. The van der Waals surface area contributed by atoms with Crippen molar-refractivity contribution in [2.45, 2.75) is 19.9 Å². The normalized spacial score (nSPS) is 11.1. The highest BCUT2D eigenvalue weighted by Crippen LogP contribution is 2.10. The SMILES string of the molecule is Cc1cccc(Cc2nc3ccc(CN)cn3n2)c1. The summed E-state index contributed by atoms with van der Waals surface area (Å²) in [5.41, 5.74) is 10.0. The third-order valence-electron chi connectivity index (χ3n) is 3.12. The smallest absolute Gasteiger partial charge is 0.156 e. The predicted octanol–water partition coefficient (Wildman–Crippen LogP) is 2.09. The van der Waals surface area contributed by atoms with E-state index in [2.05, 4.69) is 41.3 Å². The third kappa shape index (κ3) is 2.48. The van der Waals surface area contributed by atoms with Crippen molar-refractivity contribution in [1.82, 2.24) is 14.6 Å². The van der Waals surface area contributed by atoms with Gasteiger partial charge in [0, 0.05) is 19.2 Å². The van der Waals surface area contributed by atoms with Gasteiger partial charge in [-0.2, -0.15) is 5.10 Å². The molecule has 0 amide bonds. The van der Waals surface area contributed by atoms with Crippen LogP contribution in [0.5, 0.6) is 0 Å². The van der Waals surface area contributed by atoms with Crippen LogP contribution in [-0.4, -0.2) is 14.6 Å². The molecule has 0 spiro atoms. The molecule has 2 heterocycles. The molecule has 0 fully saturated rings. The van der Waals surface area contributed by atoms with Gasteiger partial charge in [0.15, 0.2) is 11.5 Å². The molecule has 19 heavy (non-hydrogen) atoms. The zero-order valence-electron chi connectivity index (χ0n) is 10.9. The maximum Gasteiger partial charge on any atom is 0.156 e. The molecule has 2 N–H and O–H groups in total. The van der Waals surface area contributed by atoms with Crippen molar-refractivity contribution in [2.75, 3.05) is 0 Å². The number of nitrogens with two attached hydrogens (primary N) is 1. The molecular formula is C15H16N4. The molecule has 96 valence electrons. The van der Waals surface area contributed by atoms with Crippen molar-refractivity contribution >= 4 is 5.65 Å². The number of aryl methyl sites for hydroxylation is 1. The molecule has 0 aliphatic heterocycles. The van der Waals surface area contributed by atoms with Crippen LogP contribution in [0.1, 0.15) is 22.5 Å². The summed E-state index contributed by atoms with van der Waals surface area (Å²) in [4.78, 5) is 4.52. The second-order valence-electron chi connectivity index (χ2n) is 4.74. The Kier molecular flexibility index (Phi) is 3.01. The van der Waals surface area contributed by atoms with Crippen LogP contribution >= 0.6 is 0 Å². The van der Waals surface area contributed by atoms with E-state index in [1.165, 1.54) is 11.1 Å². The van der Waals surface area contributed by atoms with Crippen molar-refractivity contribution in [1.29, 1.82) is 0 Å². The molecule has 3 aromatic rings. The van der Waals surface area contributed by atoms with E-state index in [1.807, 2.05) is 18.3 Å². The Morgan fingerprint density at radius 2 is 2.05 bits per heavy atom. The minimum atomic E-state index is 0.517. The summed E-state index contributed by atoms with van der Waals surface area (Å²) in [7, 11) is 0. The summed E-state index contributed by atoms with van der Waals surface area (Å²) < 4.78 is 1.80. The summed E-state index contributed by atoms with van der Waals surface area (Å²) in [6, 6.07) is 12.4.